The molecule has 170 valence electrons. The fraction of sp³-hybridized carbons (Fsp3) is 0.458. The van der Waals surface area contributed by atoms with Gasteiger partial charge in [-0.15, -0.1) is 0 Å². The molecular weight excluding hydrogens is 426 g/mol. The number of rotatable bonds is 7. The van der Waals surface area contributed by atoms with Gasteiger partial charge in [0.15, 0.2) is 0 Å². The van der Waals surface area contributed by atoms with E-state index in [-0.39, 0.29) is 17.4 Å². The molecule has 1 fully saturated rings. The maximum atomic E-state index is 13.0. The molecule has 1 N–H and O–H groups in total. The predicted octanol–water partition coefficient (Wildman–Crippen LogP) is 3.97. The molecule has 0 bridgehead atoms. The number of halogens is 1. The summed E-state index contributed by atoms with van der Waals surface area (Å²) in [5.41, 5.74) is 1.58. The van der Waals surface area contributed by atoms with Gasteiger partial charge in [-0.3, -0.25) is 18.6 Å². The highest BCUT2D eigenvalue weighted by molar-refractivity contribution is 6.30. The zero-order chi connectivity index (χ0) is 22.7. The van der Waals surface area contributed by atoms with Crippen LogP contribution in [-0.2, 0) is 11.3 Å². The van der Waals surface area contributed by atoms with Crippen molar-refractivity contribution < 1.29 is 4.79 Å². The summed E-state index contributed by atoms with van der Waals surface area (Å²) in [6, 6.07) is 9.21. The third kappa shape index (κ3) is 4.53. The van der Waals surface area contributed by atoms with Crippen molar-refractivity contribution in [2.24, 2.45) is 5.92 Å². The van der Waals surface area contributed by atoms with Gasteiger partial charge in [0.25, 0.3) is 5.56 Å². The molecule has 0 saturated carbocycles. The van der Waals surface area contributed by atoms with Gasteiger partial charge >= 0.3 is 0 Å². The molecule has 0 radical (unpaired) electrons. The molecule has 1 aliphatic rings. The Morgan fingerprint density at radius 1 is 1.19 bits per heavy atom. The van der Waals surface area contributed by atoms with Crippen molar-refractivity contribution in [1.29, 1.82) is 0 Å². The third-order valence-electron chi connectivity index (χ3n) is 6.26. The molecule has 1 saturated heterocycles. The van der Waals surface area contributed by atoms with Gasteiger partial charge in [-0.1, -0.05) is 43.5 Å². The van der Waals surface area contributed by atoms with E-state index in [9.17, 15) is 9.59 Å². The molecule has 0 aliphatic carbocycles. The van der Waals surface area contributed by atoms with Gasteiger partial charge in [0.1, 0.15) is 5.82 Å². The van der Waals surface area contributed by atoms with E-state index in [1.807, 2.05) is 24.3 Å². The monoisotopic (exact) mass is 455 g/mol. The predicted molar refractivity (Wildman–Crippen MR) is 128 cm³/mol. The number of nitrogens with zero attached hydrogens (tertiary/aromatic N) is 4. The number of carbonyl (C=O) groups excluding carboxylic acids is 1. The van der Waals surface area contributed by atoms with E-state index in [0.29, 0.717) is 10.8 Å². The van der Waals surface area contributed by atoms with E-state index in [1.54, 1.807) is 23.7 Å². The number of hydrogen-bond donors (Lipinski definition) is 1. The van der Waals surface area contributed by atoms with Crippen LogP contribution in [0.2, 0.25) is 5.02 Å². The van der Waals surface area contributed by atoms with Crippen molar-refractivity contribution >= 4 is 29.1 Å². The minimum atomic E-state index is -0.0946. The number of imidazole rings is 1. The highest BCUT2D eigenvalue weighted by atomic mass is 35.5. The fourth-order valence-corrected chi connectivity index (χ4v) is 4.54. The van der Waals surface area contributed by atoms with Crippen LogP contribution < -0.4 is 15.8 Å². The summed E-state index contributed by atoms with van der Waals surface area (Å²) in [5, 5.41) is 3.42. The molecule has 1 aliphatic heterocycles. The number of aromatic nitrogens is 3. The number of carbonyl (C=O) groups is 1. The average Bonchev–Trinajstić information content (AvgIpc) is 3.27. The first-order chi connectivity index (χ1) is 15.5. The maximum absolute atomic E-state index is 13.0. The van der Waals surface area contributed by atoms with Gasteiger partial charge < -0.3 is 10.2 Å². The summed E-state index contributed by atoms with van der Waals surface area (Å²) in [4.78, 5) is 32.2. The second kappa shape index (κ2) is 9.77. The van der Waals surface area contributed by atoms with Crippen LogP contribution in [0.1, 0.15) is 39.0 Å². The molecule has 7 nitrogen and oxygen atoms in total. The highest BCUT2D eigenvalue weighted by Crippen LogP contribution is 2.26. The van der Waals surface area contributed by atoms with Gasteiger partial charge in [0.05, 0.1) is 5.69 Å². The Bertz CT molecular complexity index is 1140. The SMILES string of the molecule is CCCCCn1c(N2CCC(C(=O)NC)CC2)cc(=O)n2cc(-c3ccc(Cl)cc3)nc12. The second-order valence-corrected chi connectivity index (χ2v) is 8.81. The molecule has 0 spiro atoms. The molecule has 4 rings (SSSR count). The Labute approximate surface area is 193 Å². The maximum Gasteiger partial charge on any atom is 0.261 e. The lowest BCUT2D eigenvalue weighted by Gasteiger charge is -2.34. The summed E-state index contributed by atoms with van der Waals surface area (Å²) in [7, 11) is 1.69. The summed E-state index contributed by atoms with van der Waals surface area (Å²) < 4.78 is 3.80. The van der Waals surface area contributed by atoms with Gasteiger partial charge in [-0.25, -0.2) is 4.98 Å². The van der Waals surface area contributed by atoms with E-state index in [4.69, 9.17) is 16.6 Å². The van der Waals surface area contributed by atoms with E-state index < -0.39 is 0 Å². The normalized spacial score (nSPS) is 14.8. The average molecular weight is 456 g/mol. The van der Waals surface area contributed by atoms with Crippen molar-refractivity contribution in [3.63, 3.8) is 0 Å². The van der Waals surface area contributed by atoms with Crippen LogP contribution in [0.15, 0.2) is 41.3 Å². The van der Waals surface area contributed by atoms with E-state index >= 15 is 0 Å². The van der Waals surface area contributed by atoms with Crippen LogP contribution in [0.5, 0.6) is 0 Å². The van der Waals surface area contributed by atoms with Crippen molar-refractivity contribution in [3.8, 4) is 11.3 Å². The molecular formula is C24H30ClN5O2. The van der Waals surface area contributed by atoms with Crippen LogP contribution in [0.4, 0.5) is 5.82 Å². The Hall–Kier alpha value is -2.80. The number of anilines is 1. The number of unbranched alkanes of at least 4 members (excludes halogenated alkanes) is 2. The molecule has 0 unspecified atom stereocenters. The first-order valence-corrected chi connectivity index (χ1v) is 11.7. The lowest BCUT2D eigenvalue weighted by Crippen LogP contribution is -2.41. The van der Waals surface area contributed by atoms with Crippen LogP contribution >= 0.6 is 11.6 Å². The summed E-state index contributed by atoms with van der Waals surface area (Å²) in [5.74, 6) is 1.67. The van der Waals surface area contributed by atoms with E-state index in [2.05, 4.69) is 21.7 Å². The van der Waals surface area contributed by atoms with Crippen molar-refractivity contribution in [1.82, 2.24) is 19.3 Å². The first-order valence-electron chi connectivity index (χ1n) is 11.4. The molecule has 1 aromatic carbocycles. The quantitative estimate of drug-likeness (QED) is 0.547. The third-order valence-corrected chi connectivity index (χ3v) is 6.51. The van der Waals surface area contributed by atoms with Crippen molar-refractivity contribution in [3.05, 3.63) is 51.9 Å². The molecule has 32 heavy (non-hydrogen) atoms. The van der Waals surface area contributed by atoms with Crippen molar-refractivity contribution in [2.45, 2.75) is 45.6 Å². The van der Waals surface area contributed by atoms with Crippen LogP contribution in [0, 0.1) is 5.92 Å². The minimum absolute atomic E-state index is 0.0307. The molecule has 2 aromatic heterocycles. The topological polar surface area (TPSA) is 71.6 Å². The van der Waals surface area contributed by atoms with Gasteiger partial charge in [0.2, 0.25) is 11.7 Å². The Kier molecular flexibility index (Phi) is 6.84. The van der Waals surface area contributed by atoms with Gasteiger partial charge in [-0.2, -0.15) is 0 Å². The lowest BCUT2D eigenvalue weighted by atomic mass is 9.96. The standard InChI is InChI=1S/C24H30ClN5O2/c1-3-4-5-12-29-21(28-13-10-18(11-14-28)23(32)26-2)15-22(31)30-16-20(27-24(29)30)17-6-8-19(25)9-7-17/h6-9,15-16,18H,3-5,10-14H2,1-2H3,(H,26,32). The number of aryl methyl sites for hydroxylation is 1. The van der Waals surface area contributed by atoms with Crippen LogP contribution in [0.3, 0.4) is 0 Å². The minimum Gasteiger partial charge on any atom is -0.359 e. The fourth-order valence-electron chi connectivity index (χ4n) is 4.41. The molecule has 3 aromatic rings. The van der Waals surface area contributed by atoms with E-state index in [1.165, 1.54) is 0 Å². The number of fused-ring (bicyclic) bond motifs is 1. The zero-order valence-electron chi connectivity index (χ0n) is 18.7. The molecule has 0 atom stereocenters. The van der Waals surface area contributed by atoms with Crippen LogP contribution in [0.25, 0.3) is 17.0 Å². The number of benzene rings is 1. The number of nitrogens with one attached hydrogen (secondary N) is 1. The molecule has 8 heteroatoms. The first kappa shape index (κ1) is 22.4. The Balaban J connectivity index is 1.73. The number of amides is 1. The largest absolute Gasteiger partial charge is 0.359 e. The smallest absolute Gasteiger partial charge is 0.261 e. The molecule has 1 amide bonds. The van der Waals surface area contributed by atoms with Crippen LogP contribution in [-0.4, -0.2) is 40.0 Å². The lowest BCUT2D eigenvalue weighted by molar-refractivity contribution is -0.125. The van der Waals surface area contributed by atoms with E-state index in [0.717, 1.165) is 68.8 Å². The number of piperidine rings is 1. The Morgan fingerprint density at radius 3 is 2.56 bits per heavy atom. The second-order valence-electron chi connectivity index (χ2n) is 8.38. The van der Waals surface area contributed by atoms with Gasteiger partial charge in [0, 0.05) is 55.4 Å². The summed E-state index contributed by atoms with van der Waals surface area (Å²) in [6.45, 7) is 4.46. The molecule has 3 heterocycles. The highest BCUT2D eigenvalue weighted by Gasteiger charge is 2.26. The Morgan fingerprint density at radius 2 is 1.91 bits per heavy atom. The van der Waals surface area contributed by atoms with Gasteiger partial charge in [-0.05, 0) is 31.4 Å². The zero-order valence-corrected chi connectivity index (χ0v) is 19.4. The summed E-state index contributed by atoms with van der Waals surface area (Å²) >= 11 is 6.03. The summed E-state index contributed by atoms with van der Waals surface area (Å²) in [6.07, 6.45) is 6.60. The van der Waals surface area contributed by atoms with Crippen molar-refractivity contribution in [2.75, 3.05) is 25.0 Å². The number of hydrogen-bond acceptors (Lipinski definition) is 4.